The van der Waals surface area contributed by atoms with Gasteiger partial charge in [0, 0.05) is 18.3 Å². The van der Waals surface area contributed by atoms with Crippen molar-refractivity contribution in [2.75, 3.05) is 26.3 Å². The van der Waals surface area contributed by atoms with E-state index in [0.717, 1.165) is 12.8 Å². The van der Waals surface area contributed by atoms with E-state index in [1.807, 2.05) is 43.1 Å². The zero-order valence-electron chi connectivity index (χ0n) is 18.4. The predicted octanol–water partition coefficient (Wildman–Crippen LogP) is 1.61. The third-order valence-corrected chi connectivity index (χ3v) is 8.77. The lowest BCUT2D eigenvalue weighted by molar-refractivity contribution is -0.152. The number of esters is 1. The minimum Gasteiger partial charge on any atom is -0.461 e. The van der Waals surface area contributed by atoms with Crippen LogP contribution in [-0.2, 0) is 19.1 Å². The molecule has 31 heavy (non-hydrogen) atoms. The van der Waals surface area contributed by atoms with Crippen LogP contribution < -0.4 is 0 Å². The van der Waals surface area contributed by atoms with Gasteiger partial charge in [0.05, 0.1) is 29.2 Å². The third kappa shape index (κ3) is 3.42. The molecule has 0 aromatic rings. The SMILES string of the molecule is CCCCN1CC=C[C@]23S[C@@H]4C=CCOC(=O)[C@@H]4[C@H]2C(=O)N([C@@H](CO)C(C)C)C3C1=O. The molecule has 6 atom stereocenters. The van der Waals surface area contributed by atoms with E-state index in [1.54, 1.807) is 4.90 Å². The van der Waals surface area contributed by atoms with E-state index in [4.69, 9.17) is 4.74 Å². The Kier molecular flexibility index (Phi) is 6.23. The van der Waals surface area contributed by atoms with Crippen LogP contribution in [0.2, 0.25) is 0 Å². The second-order valence-electron chi connectivity index (χ2n) is 9.18. The lowest BCUT2D eigenvalue weighted by atomic mass is 9.78. The number of hydrogen-bond acceptors (Lipinski definition) is 6. The van der Waals surface area contributed by atoms with E-state index in [0.29, 0.717) is 13.1 Å². The average molecular weight is 449 g/mol. The van der Waals surface area contributed by atoms with Gasteiger partial charge in [0.15, 0.2) is 0 Å². The van der Waals surface area contributed by atoms with E-state index < -0.39 is 28.7 Å². The Bertz CT molecular complexity index is 812. The number of amides is 2. The maximum absolute atomic E-state index is 13.9. The van der Waals surface area contributed by atoms with Crippen LogP contribution >= 0.6 is 11.8 Å². The topological polar surface area (TPSA) is 87.2 Å². The molecule has 1 unspecified atom stereocenters. The van der Waals surface area contributed by atoms with Gasteiger partial charge in [-0.15, -0.1) is 11.8 Å². The van der Waals surface area contributed by atoms with Gasteiger partial charge in [-0.25, -0.2) is 0 Å². The van der Waals surface area contributed by atoms with Crippen molar-refractivity contribution in [3.8, 4) is 0 Å². The van der Waals surface area contributed by atoms with Crippen molar-refractivity contribution in [2.24, 2.45) is 17.8 Å². The number of cyclic esters (lactones) is 1. The van der Waals surface area contributed by atoms with E-state index >= 15 is 0 Å². The van der Waals surface area contributed by atoms with Crippen LogP contribution in [0, 0.1) is 17.8 Å². The summed E-state index contributed by atoms with van der Waals surface area (Å²) >= 11 is 1.54. The first-order valence-corrected chi connectivity index (χ1v) is 12.2. The average Bonchev–Trinajstić information content (AvgIpc) is 3.03. The molecule has 0 bridgehead atoms. The first kappa shape index (κ1) is 22.4. The highest BCUT2D eigenvalue weighted by Gasteiger charge is 2.71. The zero-order chi connectivity index (χ0) is 22.3. The lowest BCUT2D eigenvalue weighted by Gasteiger charge is -2.39. The van der Waals surface area contributed by atoms with Crippen molar-refractivity contribution in [2.45, 2.75) is 55.7 Å². The summed E-state index contributed by atoms with van der Waals surface area (Å²) in [5.74, 6) is -2.03. The van der Waals surface area contributed by atoms with Gasteiger partial charge < -0.3 is 19.6 Å². The number of carbonyl (C=O) groups is 3. The molecule has 1 spiro atoms. The van der Waals surface area contributed by atoms with E-state index in [2.05, 4.69) is 6.92 Å². The molecule has 8 heteroatoms. The first-order valence-electron chi connectivity index (χ1n) is 11.3. The van der Waals surface area contributed by atoms with E-state index in [-0.39, 0.29) is 42.2 Å². The van der Waals surface area contributed by atoms with Gasteiger partial charge in [-0.2, -0.15) is 0 Å². The summed E-state index contributed by atoms with van der Waals surface area (Å²) < 4.78 is 4.53. The maximum Gasteiger partial charge on any atom is 0.311 e. The highest BCUT2D eigenvalue weighted by Crippen LogP contribution is 2.61. The van der Waals surface area contributed by atoms with Crippen molar-refractivity contribution in [1.82, 2.24) is 9.80 Å². The fourth-order valence-electron chi connectivity index (χ4n) is 5.48. The smallest absolute Gasteiger partial charge is 0.311 e. The van der Waals surface area contributed by atoms with Crippen molar-refractivity contribution in [3.05, 3.63) is 24.3 Å². The Morgan fingerprint density at radius 1 is 1.26 bits per heavy atom. The minimum absolute atomic E-state index is 0.0317. The summed E-state index contributed by atoms with van der Waals surface area (Å²) in [7, 11) is 0. The second kappa shape index (κ2) is 8.62. The van der Waals surface area contributed by atoms with E-state index in [9.17, 15) is 19.5 Å². The number of rotatable bonds is 6. The quantitative estimate of drug-likeness (QED) is 0.491. The fraction of sp³-hybridized carbons (Fsp3) is 0.696. The molecule has 2 amide bonds. The molecule has 170 valence electrons. The molecule has 4 rings (SSSR count). The Labute approximate surface area is 187 Å². The maximum atomic E-state index is 13.9. The van der Waals surface area contributed by atoms with Crippen LogP contribution in [0.15, 0.2) is 24.3 Å². The van der Waals surface area contributed by atoms with Crippen LogP contribution in [0.5, 0.6) is 0 Å². The summed E-state index contributed by atoms with van der Waals surface area (Å²) in [6, 6.07) is -1.22. The van der Waals surface area contributed by atoms with Crippen molar-refractivity contribution >= 4 is 29.5 Å². The summed E-state index contributed by atoms with van der Waals surface area (Å²) in [4.78, 5) is 44.1. The van der Waals surface area contributed by atoms with Crippen LogP contribution in [0.1, 0.15) is 33.6 Å². The number of likely N-dealkylation sites (tertiary alicyclic amines) is 1. The van der Waals surface area contributed by atoms with Crippen molar-refractivity contribution in [1.29, 1.82) is 0 Å². The molecule has 0 saturated carbocycles. The van der Waals surface area contributed by atoms with Crippen molar-refractivity contribution < 1.29 is 24.2 Å². The lowest BCUT2D eigenvalue weighted by Crippen LogP contribution is -2.57. The van der Waals surface area contributed by atoms with Gasteiger partial charge in [0.2, 0.25) is 11.8 Å². The van der Waals surface area contributed by atoms with Gasteiger partial charge >= 0.3 is 5.97 Å². The normalized spacial score (nSPS) is 35.6. The summed E-state index contributed by atoms with van der Waals surface area (Å²) in [6.45, 7) is 7.08. The monoisotopic (exact) mass is 448 g/mol. The summed E-state index contributed by atoms with van der Waals surface area (Å²) in [5.41, 5.74) is 0. The molecule has 2 fully saturated rings. The number of aliphatic hydroxyl groups excluding tert-OH is 1. The number of thioether (sulfide) groups is 1. The Hall–Kier alpha value is -1.80. The molecular formula is C23H32N2O5S. The van der Waals surface area contributed by atoms with Crippen LogP contribution in [-0.4, -0.2) is 81.1 Å². The van der Waals surface area contributed by atoms with Crippen LogP contribution in [0.3, 0.4) is 0 Å². The van der Waals surface area contributed by atoms with Gasteiger partial charge in [0.1, 0.15) is 12.6 Å². The third-order valence-electron chi connectivity index (χ3n) is 7.03. The summed E-state index contributed by atoms with van der Waals surface area (Å²) in [6.07, 6.45) is 9.61. The number of fused-ring (bicyclic) bond motifs is 2. The van der Waals surface area contributed by atoms with Gasteiger partial charge in [-0.3, -0.25) is 14.4 Å². The van der Waals surface area contributed by atoms with Crippen molar-refractivity contribution in [3.63, 3.8) is 0 Å². The molecule has 4 aliphatic heterocycles. The number of carbonyl (C=O) groups excluding carboxylic acids is 3. The zero-order valence-corrected chi connectivity index (χ0v) is 19.2. The molecule has 0 aliphatic carbocycles. The molecule has 1 N–H and O–H groups in total. The molecule has 4 heterocycles. The standard InChI is InChI=1S/C23H32N2O5S/c1-4-5-10-24-11-7-9-23-18(17-16(31-23)8-6-12-30-22(17)29)20(27)25(19(23)21(24)28)15(13-26)14(2)3/h6-9,14-19,26H,4-5,10-13H2,1-3H3/t15-,16+,17-,18-,19?,23-/m0/s1. The molecule has 0 radical (unpaired) electrons. The minimum atomic E-state index is -0.840. The fourth-order valence-corrected chi connectivity index (χ4v) is 7.47. The van der Waals surface area contributed by atoms with Gasteiger partial charge in [-0.05, 0) is 12.3 Å². The Morgan fingerprint density at radius 2 is 2.03 bits per heavy atom. The Morgan fingerprint density at radius 3 is 2.71 bits per heavy atom. The van der Waals surface area contributed by atoms with E-state index in [1.165, 1.54) is 11.8 Å². The van der Waals surface area contributed by atoms with Crippen LogP contribution in [0.4, 0.5) is 0 Å². The second-order valence-corrected chi connectivity index (χ2v) is 10.7. The molecule has 2 saturated heterocycles. The Balaban J connectivity index is 1.84. The number of ether oxygens (including phenoxy) is 1. The first-order chi connectivity index (χ1) is 14.9. The number of nitrogens with zero attached hydrogens (tertiary/aromatic N) is 2. The number of hydrogen-bond donors (Lipinski definition) is 1. The van der Waals surface area contributed by atoms with Gasteiger partial charge in [0.25, 0.3) is 0 Å². The number of aliphatic hydroxyl groups is 1. The van der Waals surface area contributed by atoms with Crippen LogP contribution in [0.25, 0.3) is 0 Å². The molecule has 4 aliphatic rings. The predicted molar refractivity (Wildman–Crippen MR) is 118 cm³/mol. The molecular weight excluding hydrogens is 416 g/mol. The molecule has 0 aromatic heterocycles. The highest BCUT2D eigenvalue weighted by molar-refractivity contribution is 8.02. The number of unbranched alkanes of at least 4 members (excludes halogenated alkanes) is 1. The molecule has 0 aromatic carbocycles. The largest absolute Gasteiger partial charge is 0.461 e. The van der Waals surface area contributed by atoms with Gasteiger partial charge in [-0.1, -0.05) is 51.5 Å². The summed E-state index contributed by atoms with van der Waals surface area (Å²) in [5, 5.41) is 9.96. The molecule has 7 nitrogen and oxygen atoms in total. The highest BCUT2D eigenvalue weighted by atomic mass is 32.2.